The smallest absolute Gasteiger partial charge is 0.266 e. The molecule has 40 heavy (non-hydrogen) atoms. The van der Waals surface area contributed by atoms with Gasteiger partial charge in [-0.15, -0.1) is 0 Å². The summed E-state index contributed by atoms with van der Waals surface area (Å²) in [6.07, 6.45) is 1.52. The molecule has 0 saturated carbocycles. The first-order chi connectivity index (χ1) is 19.6. The standard InChI is InChI=1S/C34H33N3O3/c1-3-31(33-35-30-17-11-10-16-29(30)34(39)37(33)27-14-8-5-9-15-27)36(23-22-25-12-6-4-7-13-25)32(38)24-26-18-20-28(40-2)21-19-26/h4-21,31H,3,22-24H2,1-2H3. The second kappa shape index (κ2) is 12.4. The third-order valence-electron chi connectivity index (χ3n) is 7.20. The predicted octanol–water partition coefficient (Wildman–Crippen LogP) is 6.16. The van der Waals surface area contributed by atoms with Crippen LogP contribution in [-0.2, 0) is 17.6 Å². The minimum atomic E-state index is -0.410. The second-order valence-electron chi connectivity index (χ2n) is 9.73. The lowest BCUT2D eigenvalue weighted by Gasteiger charge is -2.32. The third-order valence-corrected chi connectivity index (χ3v) is 7.20. The van der Waals surface area contributed by atoms with Crippen LogP contribution in [-0.4, -0.2) is 34.0 Å². The summed E-state index contributed by atoms with van der Waals surface area (Å²) in [7, 11) is 1.63. The number of ether oxygens (including phenoxy) is 1. The summed E-state index contributed by atoms with van der Waals surface area (Å²) in [5.74, 6) is 1.29. The van der Waals surface area contributed by atoms with E-state index in [0.29, 0.717) is 36.1 Å². The van der Waals surface area contributed by atoms with Crippen molar-refractivity contribution >= 4 is 16.8 Å². The molecule has 1 aromatic heterocycles. The van der Waals surface area contributed by atoms with Gasteiger partial charge in [0, 0.05) is 6.54 Å². The molecule has 6 heteroatoms. The molecule has 1 unspecified atom stereocenters. The highest BCUT2D eigenvalue weighted by molar-refractivity contribution is 5.80. The average Bonchev–Trinajstić information content (AvgIpc) is 3.00. The average molecular weight is 532 g/mol. The summed E-state index contributed by atoms with van der Waals surface area (Å²) in [6, 6.07) is 34.2. The molecule has 1 amide bonds. The molecule has 0 aliphatic carbocycles. The molecule has 1 atom stereocenters. The van der Waals surface area contributed by atoms with E-state index in [1.807, 2.05) is 103 Å². The fourth-order valence-electron chi connectivity index (χ4n) is 5.11. The lowest BCUT2D eigenvalue weighted by molar-refractivity contribution is -0.133. The van der Waals surface area contributed by atoms with Crippen molar-refractivity contribution in [3.05, 3.63) is 136 Å². The molecular formula is C34H33N3O3. The molecule has 6 nitrogen and oxygen atoms in total. The highest BCUT2D eigenvalue weighted by Gasteiger charge is 2.29. The van der Waals surface area contributed by atoms with Gasteiger partial charge in [-0.05, 0) is 60.4 Å². The van der Waals surface area contributed by atoms with Crippen LogP contribution < -0.4 is 10.3 Å². The number of hydrogen-bond donors (Lipinski definition) is 0. The van der Waals surface area contributed by atoms with Crippen LogP contribution in [0.4, 0.5) is 0 Å². The van der Waals surface area contributed by atoms with Crippen molar-refractivity contribution < 1.29 is 9.53 Å². The molecule has 4 aromatic carbocycles. The molecule has 0 bridgehead atoms. The molecule has 0 saturated heterocycles. The van der Waals surface area contributed by atoms with E-state index in [4.69, 9.17) is 9.72 Å². The van der Waals surface area contributed by atoms with Gasteiger partial charge in [0.25, 0.3) is 5.56 Å². The van der Waals surface area contributed by atoms with Gasteiger partial charge in [-0.3, -0.25) is 14.2 Å². The van der Waals surface area contributed by atoms with Crippen LogP contribution >= 0.6 is 0 Å². The topological polar surface area (TPSA) is 64.4 Å². The van der Waals surface area contributed by atoms with E-state index in [1.165, 1.54) is 0 Å². The molecule has 0 spiro atoms. The number of nitrogens with zero attached hydrogens (tertiary/aromatic N) is 3. The third kappa shape index (κ3) is 5.81. The first-order valence-electron chi connectivity index (χ1n) is 13.6. The first kappa shape index (κ1) is 26.9. The zero-order valence-corrected chi connectivity index (χ0v) is 22.9. The van der Waals surface area contributed by atoms with Gasteiger partial charge in [-0.1, -0.05) is 79.7 Å². The lowest BCUT2D eigenvalue weighted by atomic mass is 10.1. The van der Waals surface area contributed by atoms with Gasteiger partial charge < -0.3 is 9.64 Å². The largest absolute Gasteiger partial charge is 0.497 e. The maximum absolute atomic E-state index is 14.0. The number of carbonyl (C=O) groups excluding carboxylic acids is 1. The maximum atomic E-state index is 14.0. The Balaban J connectivity index is 1.60. The quantitative estimate of drug-likeness (QED) is 0.217. The van der Waals surface area contributed by atoms with Crippen molar-refractivity contribution in [3.8, 4) is 11.4 Å². The Morgan fingerprint density at radius 2 is 1.50 bits per heavy atom. The summed E-state index contributed by atoms with van der Waals surface area (Å²) in [6.45, 7) is 2.53. The fraction of sp³-hybridized carbons (Fsp3) is 0.206. The van der Waals surface area contributed by atoms with Crippen LogP contribution in [0.1, 0.15) is 36.3 Å². The van der Waals surface area contributed by atoms with Crippen molar-refractivity contribution in [2.75, 3.05) is 13.7 Å². The van der Waals surface area contributed by atoms with E-state index in [-0.39, 0.29) is 17.9 Å². The zero-order chi connectivity index (χ0) is 27.9. The van der Waals surface area contributed by atoms with Gasteiger partial charge >= 0.3 is 0 Å². The number of para-hydroxylation sites is 2. The number of carbonyl (C=O) groups is 1. The minimum absolute atomic E-state index is 0.0185. The number of aromatic nitrogens is 2. The Kier molecular flexibility index (Phi) is 8.35. The highest BCUT2D eigenvalue weighted by atomic mass is 16.5. The second-order valence-corrected chi connectivity index (χ2v) is 9.73. The molecule has 0 aliphatic rings. The molecule has 0 fully saturated rings. The van der Waals surface area contributed by atoms with Crippen LogP contribution in [0.25, 0.3) is 16.6 Å². The van der Waals surface area contributed by atoms with Crippen molar-refractivity contribution in [1.29, 1.82) is 0 Å². The summed E-state index contributed by atoms with van der Waals surface area (Å²) >= 11 is 0. The molecule has 0 radical (unpaired) electrons. The van der Waals surface area contributed by atoms with Gasteiger partial charge in [-0.2, -0.15) is 0 Å². The summed E-state index contributed by atoms with van der Waals surface area (Å²) < 4.78 is 6.96. The Labute approximate surface area is 234 Å². The van der Waals surface area contributed by atoms with Gasteiger partial charge in [0.1, 0.15) is 11.6 Å². The van der Waals surface area contributed by atoms with E-state index in [2.05, 4.69) is 12.1 Å². The Morgan fingerprint density at radius 1 is 0.850 bits per heavy atom. The highest BCUT2D eigenvalue weighted by Crippen LogP contribution is 2.27. The minimum Gasteiger partial charge on any atom is -0.497 e. The van der Waals surface area contributed by atoms with E-state index in [1.54, 1.807) is 17.7 Å². The molecule has 202 valence electrons. The Morgan fingerprint density at radius 3 is 2.17 bits per heavy atom. The van der Waals surface area contributed by atoms with Gasteiger partial charge in [0.2, 0.25) is 5.91 Å². The monoisotopic (exact) mass is 531 g/mol. The van der Waals surface area contributed by atoms with Crippen molar-refractivity contribution in [1.82, 2.24) is 14.5 Å². The lowest BCUT2D eigenvalue weighted by Crippen LogP contribution is -2.40. The Bertz CT molecular complexity index is 1630. The van der Waals surface area contributed by atoms with E-state index in [0.717, 1.165) is 22.6 Å². The van der Waals surface area contributed by atoms with Crippen LogP contribution in [0, 0.1) is 0 Å². The molecule has 0 N–H and O–H groups in total. The van der Waals surface area contributed by atoms with Crippen LogP contribution in [0.2, 0.25) is 0 Å². The number of fused-ring (bicyclic) bond motifs is 1. The summed E-state index contributed by atoms with van der Waals surface area (Å²) in [5, 5.41) is 0.547. The number of amides is 1. The van der Waals surface area contributed by atoms with Crippen molar-refractivity contribution in [3.63, 3.8) is 0 Å². The first-order valence-corrected chi connectivity index (χ1v) is 13.6. The van der Waals surface area contributed by atoms with E-state index >= 15 is 0 Å². The number of hydrogen-bond acceptors (Lipinski definition) is 4. The van der Waals surface area contributed by atoms with Gasteiger partial charge in [-0.25, -0.2) is 4.98 Å². The van der Waals surface area contributed by atoms with Crippen molar-refractivity contribution in [2.45, 2.75) is 32.2 Å². The normalized spacial score (nSPS) is 11.8. The van der Waals surface area contributed by atoms with Gasteiger partial charge in [0.15, 0.2) is 0 Å². The van der Waals surface area contributed by atoms with Crippen LogP contribution in [0.5, 0.6) is 5.75 Å². The van der Waals surface area contributed by atoms with E-state index < -0.39 is 6.04 Å². The molecular weight excluding hydrogens is 498 g/mol. The van der Waals surface area contributed by atoms with E-state index in [9.17, 15) is 9.59 Å². The van der Waals surface area contributed by atoms with Crippen LogP contribution in [0.3, 0.4) is 0 Å². The zero-order valence-electron chi connectivity index (χ0n) is 22.9. The maximum Gasteiger partial charge on any atom is 0.266 e. The molecule has 5 rings (SSSR count). The van der Waals surface area contributed by atoms with Crippen LogP contribution in [0.15, 0.2) is 114 Å². The fourth-order valence-corrected chi connectivity index (χ4v) is 5.11. The van der Waals surface area contributed by atoms with Gasteiger partial charge in [0.05, 0.1) is 36.2 Å². The molecule has 5 aromatic rings. The molecule has 0 aliphatic heterocycles. The predicted molar refractivity (Wildman–Crippen MR) is 159 cm³/mol. The summed E-state index contributed by atoms with van der Waals surface area (Å²) in [5.41, 5.74) is 3.25. The Hall–Kier alpha value is -4.71. The number of benzene rings is 4. The molecule has 1 heterocycles. The summed E-state index contributed by atoms with van der Waals surface area (Å²) in [4.78, 5) is 34.9. The van der Waals surface area contributed by atoms with Crippen molar-refractivity contribution in [2.24, 2.45) is 0 Å². The SMILES string of the molecule is CCC(c1nc2ccccc2c(=O)n1-c1ccccc1)N(CCc1ccccc1)C(=O)Cc1ccc(OC)cc1. The number of rotatable bonds is 10. The number of methoxy groups -OCH3 is 1.